The van der Waals surface area contributed by atoms with Gasteiger partial charge >= 0.3 is 0 Å². The van der Waals surface area contributed by atoms with Gasteiger partial charge in [0.2, 0.25) is 27.8 Å². The SMILES string of the molecule is Cc1cnc2nc1Oc1cccc(c1F)C[C@H]1[C@@H](NS(C)(=O)=O)C(F)(F)CN1C(=O)[C@@H]1CCCN21. The normalized spacial score (nSPS) is 25.7. The molecule has 9 nitrogen and oxygen atoms in total. The van der Waals surface area contributed by atoms with Gasteiger partial charge in [-0.15, -0.1) is 0 Å². The molecule has 4 bridgehead atoms. The number of alkyl halides is 2. The van der Waals surface area contributed by atoms with Gasteiger partial charge < -0.3 is 14.5 Å². The first-order chi connectivity index (χ1) is 16.4. The lowest BCUT2D eigenvalue weighted by Crippen LogP contribution is -2.54. The molecule has 1 aromatic carbocycles. The Balaban J connectivity index is 1.67. The first-order valence-corrected chi connectivity index (χ1v) is 13.0. The molecule has 5 rings (SSSR count). The zero-order chi connectivity index (χ0) is 25.1. The summed E-state index contributed by atoms with van der Waals surface area (Å²) in [5, 5.41) is 0. The molecule has 3 aliphatic heterocycles. The highest BCUT2D eigenvalue weighted by molar-refractivity contribution is 7.88. The lowest BCUT2D eigenvalue weighted by atomic mass is 9.98. The summed E-state index contributed by atoms with van der Waals surface area (Å²) < 4.78 is 77.4. The summed E-state index contributed by atoms with van der Waals surface area (Å²) in [5.74, 6) is -4.84. The molecule has 4 heterocycles. The minimum atomic E-state index is -4.06. The van der Waals surface area contributed by atoms with E-state index in [2.05, 4.69) is 9.97 Å². The fraction of sp³-hybridized carbons (Fsp3) is 0.500. The van der Waals surface area contributed by atoms with Crippen LogP contribution in [0, 0.1) is 12.7 Å². The van der Waals surface area contributed by atoms with Crippen LogP contribution in [0.2, 0.25) is 0 Å². The maximum absolute atomic E-state index is 15.5. The quantitative estimate of drug-likeness (QED) is 0.658. The molecule has 1 N–H and O–H groups in total. The number of amides is 1. The molecule has 3 aliphatic rings. The van der Waals surface area contributed by atoms with Crippen LogP contribution >= 0.6 is 0 Å². The molecule has 35 heavy (non-hydrogen) atoms. The van der Waals surface area contributed by atoms with Gasteiger partial charge in [-0.1, -0.05) is 12.1 Å². The van der Waals surface area contributed by atoms with Crippen molar-refractivity contribution in [1.82, 2.24) is 19.6 Å². The van der Waals surface area contributed by atoms with Gasteiger partial charge in [-0.05, 0) is 37.8 Å². The molecular formula is C22H24F3N5O4S. The number of anilines is 1. The molecule has 2 saturated heterocycles. The Bertz CT molecular complexity index is 1290. The number of carbonyl (C=O) groups is 1. The molecule has 1 aromatic heterocycles. The summed E-state index contributed by atoms with van der Waals surface area (Å²) in [5.41, 5.74) is 0.561. The molecule has 0 unspecified atom stereocenters. The van der Waals surface area contributed by atoms with Crippen molar-refractivity contribution in [3.05, 3.63) is 41.3 Å². The number of rotatable bonds is 2. The summed E-state index contributed by atoms with van der Waals surface area (Å²) in [6.45, 7) is 1.12. The number of aromatic nitrogens is 2. The van der Waals surface area contributed by atoms with Crippen LogP contribution in [0.15, 0.2) is 24.4 Å². The number of nitrogens with zero attached hydrogens (tertiary/aromatic N) is 4. The standard InChI is InChI=1S/C22H24F3N5O4S/c1-12-10-26-21-27-19(12)34-16-7-3-5-13(17(16)23)9-15-18(28-35(2,32)33)22(24,25)11-30(15)20(31)14-6-4-8-29(14)21/h3,5,7,10,14-15,18,28H,4,6,8-9,11H2,1-2H3/t14-,15-,18+/m0/s1. The fourth-order valence-corrected chi connectivity index (χ4v) is 5.80. The molecule has 0 radical (unpaired) electrons. The van der Waals surface area contributed by atoms with E-state index in [1.165, 1.54) is 24.4 Å². The van der Waals surface area contributed by atoms with Crippen LogP contribution in [-0.2, 0) is 21.2 Å². The zero-order valence-corrected chi connectivity index (χ0v) is 19.9. The molecule has 0 spiro atoms. The Labute approximate surface area is 200 Å². The molecule has 0 aliphatic carbocycles. The first-order valence-electron chi connectivity index (χ1n) is 11.2. The second kappa shape index (κ2) is 8.33. The smallest absolute Gasteiger partial charge is 0.283 e. The van der Waals surface area contributed by atoms with E-state index in [9.17, 15) is 13.2 Å². The summed E-state index contributed by atoms with van der Waals surface area (Å²) in [4.78, 5) is 25.0. The Morgan fingerprint density at radius 1 is 1.26 bits per heavy atom. The van der Waals surface area contributed by atoms with E-state index in [1.54, 1.807) is 11.8 Å². The van der Waals surface area contributed by atoms with Crippen molar-refractivity contribution >= 4 is 21.9 Å². The van der Waals surface area contributed by atoms with Gasteiger partial charge in [-0.3, -0.25) is 4.79 Å². The second-order valence-corrected chi connectivity index (χ2v) is 11.0. The Morgan fingerprint density at radius 2 is 2.03 bits per heavy atom. The van der Waals surface area contributed by atoms with Crippen LogP contribution in [0.5, 0.6) is 11.6 Å². The van der Waals surface area contributed by atoms with Gasteiger partial charge in [-0.2, -0.15) is 4.98 Å². The molecule has 188 valence electrons. The van der Waals surface area contributed by atoms with Crippen LogP contribution < -0.4 is 14.4 Å². The maximum atomic E-state index is 15.5. The van der Waals surface area contributed by atoms with Crippen LogP contribution in [0.3, 0.4) is 0 Å². The van der Waals surface area contributed by atoms with Crippen LogP contribution in [0.4, 0.5) is 19.1 Å². The molecule has 2 fully saturated rings. The highest BCUT2D eigenvalue weighted by atomic mass is 32.2. The largest absolute Gasteiger partial charge is 0.435 e. The number of aryl methyl sites for hydroxylation is 1. The van der Waals surface area contributed by atoms with Crippen molar-refractivity contribution in [3.8, 4) is 11.6 Å². The van der Waals surface area contributed by atoms with E-state index < -0.39 is 52.3 Å². The minimum absolute atomic E-state index is 0.0118. The Kier molecular flexibility index (Phi) is 5.66. The van der Waals surface area contributed by atoms with Gasteiger partial charge in [0.1, 0.15) is 12.1 Å². The number of ether oxygens (including phenoxy) is 1. The van der Waals surface area contributed by atoms with Crippen molar-refractivity contribution < 1.29 is 31.1 Å². The molecule has 13 heteroatoms. The highest BCUT2D eigenvalue weighted by Crippen LogP contribution is 2.39. The minimum Gasteiger partial charge on any atom is -0.435 e. The van der Waals surface area contributed by atoms with E-state index in [-0.39, 0.29) is 29.6 Å². The van der Waals surface area contributed by atoms with Crippen molar-refractivity contribution in [2.75, 3.05) is 24.2 Å². The van der Waals surface area contributed by atoms with Crippen molar-refractivity contribution in [3.63, 3.8) is 0 Å². The molecule has 1 amide bonds. The Hall–Kier alpha value is -2.93. The summed E-state index contributed by atoms with van der Waals surface area (Å²) in [6.07, 6.45) is 2.92. The monoisotopic (exact) mass is 511 g/mol. The van der Waals surface area contributed by atoms with E-state index in [0.717, 1.165) is 11.2 Å². The average molecular weight is 512 g/mol. The number of halogens is 3. The van der Waals surface area contributed by atoms with E-state index in [4.69, 9.17) is 4.74 Å². The van der Waals surface area contributed by atoms with Crippen molar-refractivity contribution in [1.29, 1.82) is 0 Å². The second-order valence-electron chi connectivity index (χ2n) is 9.21. The fourth-order valence-electron chi connectivity index (χ4n) is 5.00. The van der Waals surface area contributed by atoms with Crippen LogP contribution in [0.1, 0.15) is 24.0 Å². The molecular weight excluding hydrogens is 487 g/mol. The topological polar surface area (TPSA) is 105 Å². The van der Waals surface area contributed by atoms with Gasteiger partial charge in [0, 0.05) is 18.3 Å². The van der Waals surface area contributed by atoms with Crippen molar-refractivity contribution in [2.24, 2.45) is 0 Å². The maximum Gasteiger partial charge on any atom is 0.283 e. The number of sulfonamides is 1. The molecule has 0 saturated carbocycles. The predicted molar refractivity (Wildman–Crippen MR) is 120 cm³/mol. The number of nitrogens with one attached hydrogen (secondary N) is 1. The number of hydrogen-bond acceptors (Lipinski definition) is 7. The lowest BCUT2D eigenvalue weighted by molar-refractivity contribution is -0.134. The van der Waals surface area contributed by atoms with E-state index in [1.807, 2.05) is 4.72 Å². The lowest BCUT2D eigenvalue weighted by Gasteiger charge is -2.32. The number of benzene rings is 1. The van der Waals surface area contributed by atoms with E-state index >= 15 is 13.2 Å². The van der Waals surface area contributed by atoms with E-state index in [0.29, 0.717) is 24.9 Å². The Morgan fingerprint density at radius 3 is 2.77 bits per heavy atom. The third-order valence-electron chi connectivity index (χ3n) is 6.63. The van der Waals surface area contributed by atoms with Gasteiger partial charge in [0.15, 0.2) is 11.6 Å². The van der Waals surface area contributed by atoms with Crippen LogP contribution in [-0.4, -0.2) is 72.6 Å². The third-order valence-corrected chi connectivity index (χ3v) is 7.31. The zero-order valence-electron chi connectivity index (χ0n) is 19.0. The summed E-state index contributed by atoms with van der Waals surface area (Å²) in [7, 11) is -4.06. The number of fused-ring (bicyclic) bond motifs is 7. The van der Waals surface area contributed by atoms with Crippen molar-refractivity contribution in [2.45, 2.75) is 50.2 Å². The highest BCUT2D eigenvalue weighted by Gasteiger charge is 2.58. The molecule has 3 atom stereocenters. The number of carbonyl (C=O) groups excluding carboxylic acids is 1. The summed E-state index contributed by atoms with van der Waals surface area (Å²) >= 11 is 0. The van der Waals surface area contributed by atoms with Crippen LogP contribution in [0.25, 0.3) is 0 Å². The third kappa shape index (κ3) is 4.31. The van der Waals surface area contributed by atoms with Gasteiger partial charge in [0.05, 0.1) is 18.8 Å². The number of hydrogen-bond donors (Lipinski definition) is 1. The summed E-state index contributed by atoms with van der Waals surface area (Å²) in [6, 6.07) is 0.210. The first kappa shape index (κ1) is 23.8. The van der Waals surface area contributed by atoms with Gasteiger partial charge in [-0.25, -0.2) is 31.3 Å². The molecule has 2 aromatic rings. The predicted octanol–water partition coefficient (Wildman–Crippen LogP) is 2.01. The average Bonchev–Trinajstić information content (AvgIpc) is 3.35. The van der Waals surface area contributed by atoms with Gasteiger partial charge in [0.25, 0.3) is 5.92 Å².